The Kier molecular flexibility index (Phi) is 4.37. The van der Waals surface area contributed by atoms with Crippen LogP contribution in [0.5, 0.6) is 0 Å². The van der Waals surface area contributed by atoms with Gasteiger partial charge in [0.15, 0.2) is 0 Å². The van der Waals surface area contributed by atoms with Gasteiger partial charge < -0.3 is 5.32 Å². The van der Waals surface area contributed by atoms with E-state index in [1.165, 1.54) is 17.4 Å². The van der Waals surface area contributed by atoms with Crippen LogP contribution in [0.1, 0.15) is 11.1 Å². The molecule has 0 aromatic heterocycles. The molecular weight excluding hydrogens is 248 g/mol. The van der Waals surface area contributed by atoms with Gasteiger partial charge in [-0.3, -0.25) is 4.90 Å². The van der Waals surface area contributed by atoms with Crippen LogP contribution in [0.2, 0.25) is 0 Å². The van der Waals surface area contributed by atoms with E-state index in [9.17, 15) is 8.42 Å². The largest absolute Gasteiger partial charge is 0.314 e. The van der Waals surface area contributed by atoms with Crippen molar-refractivity contribution in [1.29, 1.82) is 0 Å². The monoisotopic (exact) mass is 268 g/mol. The number of hydrogen-bond acceptors (Lipinski definition) is 4. The van der Waals surface area contributed by atoms with Crippen LogP contribution in [-0.4, -0.2) is 45.0 Å². The number of fused-ring (bicyclic) bond motifs is 1. The molecule has 100 valence electrons. The van der Waals surface area contributed by atoms with Crippen LogP contribution in [0.3, 0.4) is 0 Å². The first-order chi connectivity index (χ1) is 8.54. The van der Waals surface area contributed by atoms with E-state index in [-0.39, 0.29) is 5.75 Å². The van der Waals surface area contributed by atoms with Crippen molar-refractivity contribution in [1.82, 2.24) is 10.2 Å². The molecule has 2 rings (SSSR count). The van der Waals surface area contributed by atoms with E-state index in [1.54, 1.807) is 0 Å². The van der Waals surface area contributed by atoms with Gasteiger partial charge in [0.25, 0.3) is 0 Å². The fraction of sp³-hybridized carbons (Fsp3) is 0.538. The molecule has 18 heavy (non-hydrogen) atoms. The molecule has 1 aromatic rings. The molecule has 0 aliphatic carbocycles. The Labute approximate surface area is 109 Å². The highest BCUT2D eigenvalue weighted by atomic mass is 32.2. The first-order valence-electron chi connectivity index (χ1n) is 6.22. The lowest BCUT2D eigenvalue weighted by atomic mass is 10.1. The molecule has 5 heteroatoms. The van der Waals surface area contributed by atoms with Crippen molar-refractivity contribution in [3.8, 4) is 0 Å². The van der Waals surface area contributed by atoms with Crippen molar-refractivity contribution in [2.24, 2.45) is 0 Å². The molecule has 1 heterocycles. The number of rotatable bonds is 6. The van der Waals surface area contributed by atoms with Crippen molar-refractivity contribution in [2.75, 3.05) is 31.6 Å². The molecule has 1 aliphatic rings. The number of nitrogens with one attached hydrogen (secondary N) is 1. The minimum atomic E-state index is -2.84. The maximum absolute atomic E-state index is 10.9. The Bertz CT molecular complexity index is 474. The van der Waals surface area contributed by atoms with Gasteiger partial charge in [0.05, 0.1) is 5.75 Å². The van der Waals surface area contributed by atoms with Gasteiger partial charge in [-0.05, 0) is 11.1 Å². The summed E-state index contributed by atoms with van der Waals surface area (Å²) in [5.74, 6) is 0.216. The van der Waals surface area contributed by atoms with Crippen molar-refractivity contribution in [2.45, 2.75) is 13.1 Å². The molecular formula is C13H20N2O2S. The highest BCUT2D eigenvalue weighted by Gasteiger charge is 2.17. The zero-order valence-electron chi connectivity index (χ0n) is 10.7. The number of sulfone groups is 1. The highest BCUT2D eigenvalue weighted by molar-refractivity contribution is 7.90. The summed E-state index contributed by atoms with van der Waals surface area (Å²) in [4.78, 5) is 2.37. The van der Waals surface area contributed by atoms with Crippen LogP contribution < -0.4 is 5.32 Å². The molecule has 0 bridgehead atoms. The van der Waals surface area contributed by atoms with Gasteiger partial charge in [0, 0.05) is 39.0 Å². The van der Waals surface area contributed by atoms with E-state index >= 15 is 0 Å². The highest BCUT2D eigenvalue weighted by Crippen LogP contribution is 2.21. The average molecular weight is 268 g/mol. The third kappa shape index (κ3) is 4.08. The van der Waals surface area contributed by atoms with Gasteiger partial charge in [0.2, 0.25) is 0 Å². The molecule has 0 fully saturated rings. The maximum atomic E-state index is 10.9. The van der Waals surface area contributed by atoms with Crippen molar-refractivity contribution in [3.05, 3.63) is 35.4 Å². The van der Waals surface area contributed by atoms with Crippen LogP contribution in [0, 0.1) is 0 Å². The quantitative estimate of drug-likeness (QED) is 0.769. The minimum absolute atomic E-state index is 0.216. The molecule has 4 nitrogen and oxygen atoms in total. The summed E-state index contributed by atoms with van der Waals surface area (Å²) in [6.45, 7) is 4.34. The van der Waals surface area contributed by atoms with Crippen LogP contribution >= 0.6 is 0 Å². The topological polar surface area (TPSA) is 49.4 Å². The second-order valence-electron chi connectivity index (χ2n) is 4.86. The number of nitrogens with zero attached hydrogens (tertiary/aromatic N) is 1. The third-order valence-electron chi connectivity index (χ3n) is 3.16. The minimum Gasteiger partial charge on any atom is -0.314 e. The standard InChI is InChI=1S/C13H20N2O2S/c1-18(16,17)9-7-14-6-8-15-10-12-4-2-3-5-13(12)11-15/h2-5,14H,6-11H2,1H3. The summed E-state index contributed by atoms with van der Waals surface area (Å²) in [6.07, 6.45) is 1.27. The summed E-state index contributed by atoms with van der Waals surface area (Å²) >= 11 is 0. The Morgan fingerprint density at radius 1 is 1.17 bits per heavy atom. The Morgan fingerprint density at radius 2 is 1.78 bits per heavy atom. The van der Waals surface area contributed by atoms with Gasteiger partial charge in [0.1, 0.15) is 9.84 Å². The lowest BCUT2D eigenvalue weighted by molar-refractivity contribution is 0.284. The second-order valence-corrected chi connectivity index (χ2v) is 7.12. The Balaban J connectivity index is 1.65. The zero-order chi connectivity index (χ0) is 13.0. The molecule has 0 saturated heterocycles. The molecule has 0 spiro atoms. The molecule has 0 radical (unpaired) electrons. The van der Waals surface area contributed by atoms with E-state index in [1.807, 2.05) is 0 Å². The molecule has 0 amide bonds. The summed E-state index contributed by atoms with van der Waals surface area (Å²) in [5, 5.41) is 3.17. The predicted molar refractivity (Wildman–Crippen MR) is 73.1 cm³/mol. The summed E-state index contributed by atoms with van der Waals surface area (Å²) in [5.41, 5.74) is 2.82. The van der Waals surface area contributed by atoms with Crippen molar-refractivity contribution >= 4 is 9.84 Å². The Morgan fingerprint density at radius 3 is 2.33 bits per heavy atom. The molecule has 1 aromatic carbocycles. The molecule has 0 saturated carbocycles. The van der Waals surface area contributed by atoms with Gasteiger partial charge in [-0.1, -0.05) is 24.3 Å². The molecule has 0 atom stereocenters. The van der Waals surface area contributed by atoms with Crippen LogP contribution in [0.25, 0.3) is 0 Å². The van der Waals surface area contributed by atoms with Gasteiger partial charge in [-0.2, -0.15) is 0 Å². The fourth-order valence-electron chi connectivity index (χ4n) is 2.18. The van der Waals surface area contributed by atoms with Gasteiger partial charge >= 0.3 is 0 Å². The lowest BCUT2D eigenvalue weighted by Crippen LogP contribution is -2.31. The van der Waals surface area contributed by atoms with E-state index in [2.05, 4.69) is 34.5 Å². The van der Waals surface area contributed by atoms with E-state index < -0.39 is 9.84 Å². The predicted octanol–water partition coefficient (Wildman–Crippen LogP) is 0.636. The van der Waals surface area contributed by atoms with E-state index in [0.29, 0.717) is 6.54 Å². The third-order valence-corrected chi connectivity index (χ3v) is 4.11. The van der Waals surface area contributed by atoms with E-state index in [0.717, 1.165) is 26.2 Å². The second kappa shape index (κ2) is 5.82. The van der Waals surface area contributed by atoms with E-state index in [4.69, 9.17) is 0 Å². The molecule has 1 aliphatic heterocycles. The van der Waals surface area contributed by atoms with Gasteiger partial charge in [-0.25, -0.2) is 8.42 Å². The van der Waals surface area contributed by atoms with Crippen LogP contribution in [0.4, 0.5) is 0 Å². The Hall–Kier alpha value is -0.910. The smallest absolute Gasteiger partial charge is 0.148 e. The normalized spacial score (nSPS) is 15.8. The van der Waals surface area contributed by atoms with Crippen LogP contribution in [-0.2, 0) is 22.9 Å². The lowest BCUT2D eigenvalue weighted by Gasteiger charge is -2.14. The zero-order valence-corrected chi connectivity index (χ0v) is 11.5. The fourth-order valence-corrected chi connectivity index (χ4v) is 2.70. The SMILES string of the molecule is CS(=O)(=O)CCNCCN1Cc2ccccc2C1. The number of hydrogen-bond donors (Lipinski definition) is 1. The first-order valence-corrected chi connectivity index (χ1v) is 8.28. The molecule has 1 N–H and O–H groups in total. The van der Waals surface area contributed by atoms with Gasteiger partial charge in [-0.15, -0.1) is 0 Å². The van der Waals surface area contributed by atoms with Crippen molar-refractivity contribution < 1.29 is 8.42 Å². The first kappa shape index (κ1) is 13.5. The summed E-state index contributed by atoms with van der Waals surface area (Å²) < 4.78 is 21.9. The maximum Gasteiger partial charge on any atom is 0.148 e. The van der Waals surface area contributed by atoms with Crippen LogP contribution in [0.15, 0.2) is 24.3 Å². The summed E-state index contributed by atoms with van der Waals surface area (Å²) in [7, 11) is -2.84. The number of benzene rings is 1. The van der Waals surface area contributed by atoms with Crippen molar-refractivity contribution in [3.63, 3.8) is 0 Å². The molecule has 0 unspecified atom stereocenters. The average Bonchev–Trinajstić information content (AvgIpc) is 2.69. The summed E-state index contributed by atoms with van der Waals surface area (Å²) in [6, 6.07) is 8.50.